The molecule has 220 valence electrons. The van der Waals surface area contributed by atoms with Crippen molar-refractivity contribution in [2.75, 3.05) is 0 Å². The Kier molecular flexibility index (Phi) is 4.85. The van der Waals surface area contributed by atoms with Crippen LogP contribution in [0.25, 0.3) is 104 Å². The van der Waals surface area contributed by atoms with Gasteiger partial charge in [-0.3, -0.25) is 4.57 Å². The van der Waals surface area contributed by atoms with Crippen molar-refractivity contribution in [3.63, 3.8) is 0 Å². The summed E-state index contributed by atoms with van der Waals surface area (Å²) in [5.74, 6) is 0.766. The summed E-state index contributed by atoms with van der Waals surface area (Å²) < 4.78 is 4.77. The Labute approximate surface area is 273 Å². The van der Waals surface area contributed by atoms with E-state index in [-0.39, 0.29) is 0 Å². The quantitative estimate of drug-likeness (QED) is 0.183. The Morgan fingerprint density at radius 1 is 0.500 bits per heavy atom. The average molecular weight is 610 g/mol. The van der Waals surface area contributed by atoms with E-state index in [1.165, 1.54) is 59.6 Å². The van der Waals surface area contributed by atoms with Gasteiger partial charge in [-0.2, -0.15) is 0 Å². The van der Waals surface area contributed by atoms with E-state index in [4.69, 9.17) is 16.5 Å². The van der Waals surface area contributed by atoms with Gasteiger partial charge in [-0.1, -0.05) is 97.1 Å². The predicted molar refractivity (Wildman–Crippen MR) is 198 cm³/mol. The number of fused-ring (bicyclic) bond motifs is 12. The Morgan fingerprint density at radius 2 is 1.17 bits per heavy atom. The molecule has 0 fully saturated rings. The van der Waals surface area contributed by atoms with Crippen molar-refractivity contribution in [3.05, 3.63) is 151 Å². The molecule has 5 nitrogen and oxygen atoms in total. The topological polar surface area (TPSA) is 39.5 Å². The summed E-state index contributed by atoms with van der Waals surface area (Å²) in [6, 6.07) is 48.8. The smallest absolute Gasteiger partial charge is 0.187 e. The van der Waals surface area contributed by atoms with E-state index in [1.54, 1.807) is 0 Å². The molecule has 0 bridgehead atoms. The minimum absolute atomic E-state index is 0.596. The molecule has 48 heavy (non-hydrogen) atoms. The zero-order valence-electron chi connectivity index (χ0n) is 25.5. The zero-order valence-corrected chi connectivity index (χ0v) is 25.5. The van der Waals surface area contributed by atoms with Gasteiger partial charge in [-0.15, -0.1) is 0 Å². The molecule has 0 saturated heterocycles. The third-order valence-electron chi connectivity index (χ3n) is 10.0. The Balaban J connectivity index is 1.39. The average Bonchev–Trinajstić information content (AvgIpc) is 3.77. The van der Waals surface area contributed by atoms with Crippen molar-refractivity contribution >= 4 is 87.4 Å². The minimum Gasteiger partial charge on any atom is -0.308 e. The van der Waals surface area contributed by atoms with Gasteiger partial charge in [0.15, 0.2) is 11.5 Å². The minimum atomic E-state index is 0.596. The molecule has 4 aromatic heterocycles. The Bertz CT molecular complexity index is 3170. The van der Waals surface area contributed by atoms with Gasteiger partial charge in [0.05, 0.1) is 45.2 Å². The lowest BCUT2D eigenvalue weighted by Crippen LogP contribution is -2.03. The second-order valence-corrected chi connectivity index (χ2v) is 12.5. The molecule has 0 aliphatic heterocycles. The molecule has 0 amide bonds. The molecule has 0 radical (unpaired) electrons. The lowest BCUT2D eigenvalue weighted by molar-refractivity contribution is 1.08. The van der Waals surface area contributed by atoms with Crippen LogP contribution in [0, 0.1) is 6.57 Å². The van der Waals surface area contributed by atoms with Crippen LogP contribution in [-0.2, 0) is 0 Å². The highest BCUT2D eigenvalue weighted by molar-refractivity contribution is 6.36. The molecule has 11 rings (SSSR count). The predicted octanol–water partition coefficient (Wildman–Crippen LogP) is 11.2. The lowest BCUT2D eigenvalue weighted by atomic mass is 10.0. The van der Waals surface area contributed by atoms with E-state index in [1.807, 2.05) is 48.5 Å². The first-order chi connectivity index (χ1) is 23.8. The first kappa shape index (κ1) is 25.4. The van der Waals surface area contributed by atoms with Gasteiger partial charge in [-0.05, 0) is 53.2 Å². The first-order valence-electron chi connectivity index (χ1n) is 16.0. The summed E-state index contributed by atoms with van der Waals surface area (Å²) in [4.78, 5) is 14.2. The molecule has 0 aliphatic carbocycles. The highest BCUT2D eigenvalue weighted by Crippen LogP contribution is 2.47. The summed E-state index contributed by atoms with van der Waals surface area (Å²) >= 11 is 0. The summed E-state index contributed by atoms with van der Waals surface area (Å²) in [5.41, 5.74) is 9.78. The highest BCUT2D eigenvalue weighted by Gasteiger charge is 2.26. The standard InChI is InChI=1S/C43H23N5/c1-44-28-20-18-25(19-21-28)41-43(46-34-15-7-6-14-33(34)45-41)48-36-17-9-5-13-30(36)39-38(48)24-31-29-12-4-8-16-35(29)47-37-23-27-11-3-2-10-26(27)22-32(37)40(39)42(31)47/h2-24H. The van der Waals surface area contributed by atoms with Crippen molar-refractivity contribution in [2.45, 2.75) is 0 Å². The van der Waals surface area contributed by atoms with E-state index in [9.17, 15) is 0 Å². The Morgan fingerprint density at radius 3 is 1.96 bits per heavy atom. The van der Waals surface area contributed by atoms with Gasteiger partial charge >= 0.3 is 0 Å². The van der Waals surface area contributed by atoms with Crippen LogP contribution in [0.3, 0.4) is 0 Å². The third-order valence-corrected chi connectivity index (χ3v) is 10.0. The maximum Gasteiger partial charge on any atom is 0.187 e. The van der Waals surface area contributed by atoms with E-state index in [0.29, 0.717) is 5.69 Å². The maximum atomic E-state index is 7.50. The van der Waals surface area contributed by atoms with Crippen LogP contribution in [0.2, 0.25) is 0 Å². The van der Waals surface area contributed by atoms with Crippen LogP contribution in [-0.4, -0.2) is 18.9 Å². The molecule has 0 spiro atoms. The van der Waals surface area contributed by atoms with Crippen LogP contribution in [0.5, 0.6) is 0 Å². The molecule has 4 heterocycles. The number of benzene rings is 7. The molecule has 0 unspecified atom stereocenters. The number of hydrogen-bond acceptors (Lipinski definition) is 2. The largest absolute Gasteiger partial charge is 0.308 e. The number of hydrogen-bond donors (Lipinski definition) is 0. The van der Waals surface area contributed by atoms with Crippen molar-refractivity contribution < 1.29 is 0 Å². The monoisotopic (exact) mass is 609 g/mol. The number of aromatic nitrogens is 4. The fraction of sp³-hybridized carbons (Fsp3) is 0. The van der Waals surface area contributed by atoms with Gasteiger partial charge in [0.2, 0.25) is 0 Å². The summed E-state index contributed by atoms with van der Waals surface area (Å²) in [7, 11) is 0. The number of para-hydroxylation sites is 4. The second-order valence-electron chi connectivity index (χ2n) is 12.5. The van der Waals surface area contributed by atoms with Crippen LogP contribution < -0.4 is 0 Å². The molecule has 7 aromatic carbocycles. The van der Waals surface area contributed by atoms with Gasteiger partial charge in [0.25, 0.3) is 0 Å². The first-order valence-corrected chi connectivity index (χ1v) is 16.0. The van der Waals surface area contributed by atoms with Crippen LogP contribution in [0.1, 0.15) is 0 Å². The second kappa shape index (κ2) is 9.16. The van der Waals surface area contributed by atoms with E-state index >= 15 is 0 Å². The lowest BCUT2D eigenvalue weighted by Gasteiger charge is -2.14. The zero-order chi connectivity index (χ0) is 31.5. The summed E-state index contributed by atoms with van der Waals surface area (Å²) in [6.45, 7) is 7.50. The molecular formula is C43H23N5. The van der Waals surface area contributed by atoms with Crippen molar-refractivity contribution in [2.24, 2.45) is 0 Å². The normalized spacial score (nSPS) is 12.1. The number of rotatable bonds is 2. The van der Waals surface area contributed by atoms with Crippen molar-refractivity contribution in [1.82, 2.24) is 18.9 Å². The fourth-order valence-electron chi connectivity index (χ4n) is 7.96. The van der Waals surface area contributed by atoms with Crippen molar-refractivity contribution in [1.29, 1.82) is 0 Å². The van der Waals surface area contributed by atoms with Crippen LogP contribution >= 0.6 is 0 Å². The Hall–Kier alpha value is -6.77. The van der Waals surface area contributed by atoms with Gasteiger partial charge in [0.1, 0.15) is 5.69 Å². The van der Waals surface area contributed by atoms with E-state index in [2.05, 4.69) is 105 Å². The molecule has 0 atom stereocenters. The maximum absolute atomic E-state index is 7.50. The highest BCUT2D eigenvalue weighted by atomic mass is 15.1. The summed E-state index contributed by atoms with van der Waals surface area (Å²) in [6.07, 6.45) is 0. The molecule has 0 N–H and O–H groups in total. The van der Waals surface area contributed by atoms with Gasteiger partial charge < -0.3 is 4.40 Å². The molecule has 11 aromatic rings. The van der Waals surface area contributed by atoms with Gasteiger partial charge in [0, 0.05) is 37.9 Å². The van der Waals surface area contributed by atoms with Crippen LogP contribution in [0.15, 0.2) is 140 Å². The molecule has 5 heteroatoms. The van der Waals surface area contributed by atoms with Gasteiger partial charge in [-0.25, -0.2) is 14.8 Å². The fourth-order valence-corrected chi connectivity index (χ4v) is 7.96. The SMILES string of the molecule is [C-]#[N+]c1ccc(-c2nc3ccccc3nc2-n2c3ccccc3c3c4c5cc6ccccc6cc5n5c6ccccc6c(cc32)c45)cc1. The molecular weight excluding hydrogens is 587 g/mol. The molecule has 0 saturated carbocycles. The van der Waals surface area contributed by atoms with Crippen LogP contribution in [0.4, 0.5) is 5.69 Å². The number of nitrogens with zero attached hydrogens (tertiary/aromatic N) is 5. The van der Waals surface area contributed by atoms with E-state index in [0.717, 1.165) is 39.1 Å². The van der Waals surface area contributed by atoms with Crippen molar-refractivity contribution in [3.8, 4) is 17.1 Å². The summed E-state index contributed by atoms with van der Waals surface area (Å²) in [5, 5.41) is 9.78. The molecule has 0 aliphatic rings. The third kappa shape index (κ3) is 3.23. The van der Waals surface area contributed by atoms with E-state index < -0.39 is 0 Å².